The number of hydrogen-bond acceptors (Lipinski definition) is 5. The molecule has 152 valence electrons. The van der Waals surface area contributed by atoms with Crippen LogP contribution in [-0.4, -0.2) is 29.2 Å². The molecule has 4 rings (SSSR count). The Morgan fingerprint density at radius 3 is 2.68 bits per heavy atom. The molecule has 0 aliphatic heterocycles. The first kappa shape index (κ1) is 19.4. The predicted molar refractivity (Wildman–Crippen MR) is 103 cm³/mol. The summed E-state index contributed by atoms with van der Waals surface area (Å²) in [6.07, 6.45) is 8.65. The Kier molecular flexibility index (Phi) is 4.55. The van der Waals surface area contributed by atoms with Crippen LogP contribution >= 0.6 is 0 Å². The van der Waals surface area contributed by atoms with Gasteiger partial charge in [0.25, 0.3) is 0 Å². The molecule has 2 saturated carbocycles. The monoisotopic (exact) mass is 386 g/mol. The number of rotatable bonds is 3. The maximum absolute atomic E-state index is 12.8. The van der Waals surface area contributed by atoms with Crippen LogP contribution in [0.15, 0.2) is 23.5 Å². The maximum Gasteiger partial charge on any atom is 0.303 e. The van der Waals surface area contributed by atoms with Crippen LogP contribution in [0.3, 0.4) is 0 Å². The number of esters is 1. The second-order valence-corrected chi connectivity index (χ2v) is 9.65. The molecule has 5 heteroatoms. The molecule has 0 bridgehead atoms. The standard InChI is InChI=1S/C23H30O5/c1-13(24)28-12-20(27)18-7-6-17-16-5-4-14-10-15(25)8-9-22(14,2)21(16)19(26)11-23(17,18)3/h10-11,16-18,21,26H,4-9,12H2,1-3H3. The van der Waals surface area contributed by atoms with Crippen LogP contribution in [0, 0.1) is 34.5 Å². The highest BCUT2D eigenvalue weighted by atomic mass is 16.5. The molecule has 0 aromatic carbocycles. The minimum Gasteiger partial charge on any atom is -0.512 e. The largest absolute Gasteiger partial charge is 0.512 e. The van der Waals surface area contributed by atoms with Gasteiger partial charge in [0.15, 0.2) is 11.6 Å². The molecular weight excluding hydrogens is 356 g/mol. The van der Waals surface area contributed by atoms with E-state index in [0.717, 1.165) is 32.1 Å². The summed E-state index contributed by atoms with van der Waals surface area (Å²) >= 11 is 0. The third-order valence-corrected chi connectivity index (χ3v) is 8.24. The van der Waals surface area contributed by atoms with Crippen molar-refractivity contribution in [2.45, 2.75) is 59.3 Å². The Hall–Kier alpha value is -1.91. The number of Topliss-reactive ketones (excluding diaryl/α,β-unsaturated/α-hetero) is 1. The molecule has 28 heavy (non-hydrogen) atoms. The summed E-state index contributed by atoms with van der Waals surface area (Å²) in [5, 5.41) is 11.2. The first-order valence-electron chi connectivity index (χ1n) is 10.5. The lowest BCUT2D eigenvalue weighted by Gasteiger charge is -2.55. The maximum atomic E-state index is 12.8. The SMILES string of the molecule is CC(=O)OCC(=O)C1CCC2C3CCC4=CC(=O)CCC4(C)C3C(O)=CC12C. The number of allylic oxidation sites excluding steroid dienone is 4. The van der Waals surface area contributed by atoms with Crippen molar-refractivity contribution >= 4 is 17.5 Å². The van der Waals surface area contributed by atoms with Gasteiger partial charge in [-0.25, -0.2) is 0 Å². The lowest BCUT2D eigenvalue weighted by Crippen LogP contribution is -2.50. The normalized spacial score (nSPS) is 41.9. The second kappa shape index (κ2) is 6.57. The predicted octanol–water partition coefficient (Wildman–Crippen LogP) is 3.93. The topological polar surface area (TPSA) is 80.7 Å². The molecule has 0 amide bonds. The Morgan fingerprint density at radius 2 is 1.96 bits per heavy atom. The number of ether oxygens (including phenoxy) is 1. The van der Waals surface area contributed by atoms with Crippen molar-refractivity contribution in [3.8, 4) is 0 Å². The molecule has 4 aliphatic rings. The molecule has 5 nitrogen and oxygen atoms in total. The van der Waals surface area contributed by atoms with Gasteiger partial charge in [0.2, 0.25) is 0 Å². The van der Waals surface area contributed by atoms with Crippen molar-refractivity contribution in [3.05, 3.63) is 23.5 Å². The van der Waals surface area contributed by atoms with Gasteiger partial charge in [0.05, 0.1) is 5.76 Å². The van der Waals surface area contributed by atoms with E-state index in [1.165, 1.54) is 12.5 Å². The molecule has 0 spiro atoms. The van der Waals surface area contributed by atoms with E-state index in [4.69, 9.17) is 4.74 Å². The number of aliphatic hydroxyl groups is 1. The Labute approximate surface area is 166 Å². The van der Waals surface area contributed by atoms with Gasteiger partial charge >= 0.3 is 5.97 Å². The summed E-state index contributed by atoms with van der Waals surface area (Å²) in [5.74, 6) is 0.548. The number of carbonyl (C=O) groups is 3. The Morgan fingerprint density at radius 1 is 1.21 bits per heavy atom. The van der Waals surface area contributed by atoms with Gasteiger partial charge in [0, 0.05) is 30.6 Å². The Bertz CT molecular complexity index is 793. The van der Waals surface area contributed by atoms with Crippen molar-refractivity contribution < 1.29 is 24.2 Å². The molecule has 6 atom stereocenters. The molecule has 2 fully saturated rings. The lowest BCUT2D eigenvalue weighted by atomic mass is 9.48. The highest BCUT2D eigenvalue weighted by molar-refractivity contribution is 5.91. The van der Waals surface area contributed by atoms with Crippen LogP contribution in [0.2, 0.25) is 0 Å². The van der Waals surface area contributed by atoms with Crippen molar-refractivity contribution in [1.29, 1.82) is 0 Å². The summed E-state index contributed by atoms with van der Waals surface area (Å²) < 4.78 is 4.96. The van der Waals surface area contributed by atoms with E-state index in [9.17, 15) is 19.5 Å². The van der Waals surface area contributed by atoms with Crippen molar-refractivity contribution in [3.63, 3.8) is 0 Å². The molecule has 0 heterocycles. The fourth-order valence-electron chi connectivity index (χ4n) is 6.93. The quantitative estimate of drug-likeness (QED) is 0.744. The molecule has 0 saturated heterocycles. The highest BCUT2D eigenvalue weighted by Crippen LogP contribution is 2.65. The van der Waals surface area contributed by atoms with E-state index < -0.39 is 11.4 Å². The number of hydrogen-bond donors (Lipinski definition) is 1. The number of aliphatic hydroxyl groups excluding tert-OH is 1. The second-order valence-electron chi connectivity index (χ2n) is 9.65. The van der Waals surface area contributed by atoms with Crippen LogP contribution in [0.25, 0.3) is 0 Å². The van der Waals surface area contributed by atoms with E-state index >= 15 is 0 Å². The zero-order valence-electron chi connectivity index (χ0n) is 17.0. The first-order valence-corrected chi connectivity index (χ1v) is 10.5. The van der Waals surface area contributed by atoms with Crippen molar-refractivity contribution in [2.24, 2.45) is 34.5 Å². The molecule has 4 aliphatic carbocycles. The zero-order valence-corrected chi connectivity index (χ0v) is 17.0. The molecule has 0 aromatic rings. The van der Waals surface area contributed by atoms with Gasteiger partial charge in [-0.15, -0.1) is 0 Å². The minimum atomic E-state index is -0.443. The van der Waals surface area contributed by atoms with Gasteiger partial charge in [-0.05, 0) is 61.5 Å². The summed E-state index contributed by atoms with van der Waals surface area (Å²) in [6, 6.07) is 0. The van der Waals surface area contributed by atoms with Crippen LogP contribution in [0.5, 0.6) is 0 Å². The number of fused-ring (bicyclic) bond motifs is 5. The van der Waals surface area contributed by atoms with Crippen molar-refractivity contribution in [2.75, 3.05) is 6.61 Å². The van der Waals surface area contributed by atoms with Crippen LogP contribution < -0.4 is 0 Å². The average molecular weight is 386 g/mol. The number of ketones is 2. The fourth-order valence-corrected chi connectivity index (χ4v) is 6.93. The summed E-state index contributed by atoms with van der Waals surface area (Å²) in [6.45, 7) is 5.42. The van der Waals surface area contributed by atoms with Gasteiger partial charge in [-0.2, -0.15) is 0 Å². The van der Waals surface area contributed by atoms with Gasteiger partial charge < -0.3 is 9.84 Å². The lowest BCUT2D eigenvalue weighted by molar-refractivity contribution is -0.148. The molecule has 6 unspecified atom stereocenters. The summed E-state index contributed by atoms with van der Waals surface area (Å²) in [5.41, 5.74) is 0.623. The molecule has 0 radical (unpaired) electrons. The average Bonchev–Trinajstić information content (AvgIpc) is 2.96. The van der Waals surface area contributed by atoms with Crippen LogP contribution in [0.1, 0.15) is 59.3 Å². The van der Waals surface area contributed by atoms with Crippen LogP contribution in [-0.2, 0) is 19.1 Å². The van der Waals surface area contributed by atoms with Gasteiger partial charge in [0.1, 0.15) is 6.61 Å². The van der Waals surface area contributed by atoms with E-state index in [0.29, 0.717) is 24.0 Å². The number of carbonyl (C=O) groups excluding carboxylic acids is 3. The van der Waals surface area contributed by atoms with Crippen LogP contribution in [0.4, 0.5) is 0 Å². The first-order chi connectivity index (χ1) is 13.2. The van der Waals surface area contributed by atoms with Gasteiger partial charge in [-0.1, -0.05) is 19.4 Å². The van der Waals surface area contributed by atoms with Crippen molar-refractivity contribution in [1.82, 2.24) is 0 Å². The van der Waals surface area contributed by atoms with E-state index in [-0.39, 0.29) is 35.4 Å². The third kappa shape index (κ3) is 2.77. The Balaban J connectivity index is 1.67. The third-order valence-electron chi connectivity index (χ3n) is 8.24. The highest BCUT2D eigenvalue weighted by Gasteiger charge is 2.60. The van der Waals surface area contributed by atoms with E-state index in [1.54, 1.807) is 0 Å². The molecular formula is C23H30O5. The molecule has 1 N–H and O–H groups in total. The fraction of sp³-hybridized carbons (Fsp3) is 0.696. The molecule has 0 aromatic heterocycles. The zero-order chi connectivity index (χ0) is 20.3. The summed E-state index contributed by atoms with van der Waals surface area (Å²) in [7, 11) is 0. The minimum absolute atomic E-state index is 0.0287. The smallest absolute Gasteiger partial charge is 0.303 e. The summed E-state index contributed by atoms with van der Waals surface area (Å²) in [4.78, 5) is 35.8. The van der Waals surface area contributed by atoms with E-state index in [1.807, 2.05) is 12.2 Å². The van der Waals surface area contributed by atoms with E-state index in [2.05, 4.69) is 13.8 Å². The van der Waals surface area contributed by atoms with Gasteiger partial charge in [-0.3, -0.25) is 14.4 Å².